The SMILES string of the molecule is COc1nc(Nc2c(C)cnn2C)c2c(=O)oc(-c3cc(O)cc4cccc(F)c34)c(C)c2n1. The summed E-state index contributed by atoms with van der Waals surface area (Å²) in [6, 6.07) is 7.35. The van der Waals surface area contributed by atoms with Gasteiger partial charge in [-0.25, -0.2) is 9.18 Å². The molecule has 0 unspecified atom stereocenters. The first-order chi connectivity index (χ1) is 16.3. The topological polar surface area (TPSA) is 115 Å². The van der Waals surface area contributed by atoms with Gasteiger partial charge >= 0.3 is 11.6 Å². The lowest BCUT2D eigenvalue weighted by molar-refractivity contribution is 0.382. The van der Waals surface area contributed by atoms with Gasteiger partial charge in [-0.3, -0.25) is 4.68 Å². The maximum absolute atomic E-state index is 14.8. The Morgan fingerprint density at radius 2 is 1.97 bits per heavy atom. The number of nitrogens with one attached hydrogen (secondary N) is 1. The lowest BCUT2D eigenvalue weighted by Crippen LogP contribution is -2.11. The van der Waals surface area contributed by atoms with Gasteiger partial charge in [-0.15, -0.1) is 0 Å². The van der Waals surface area contributed by atoms with Crippen LogP contribution in [0.5, 0.6) is 11.8 Å². The van der Waals surface area contributed by atoms with Crippen LogP contribution in [-0.2, 0) is 7.05 Å². The number of hydrogen-bond acceptors (Lipinski definition) is 8. The van der Waals surface area contributed by atoms with Gasteiger partial charge in [0, 0.05) is 29.1 Å². The normalized spacial score (nSPS) is 11.3. The van der Waals surface area contributed by atoms with Gasteiger partial charge in [0.25, 0.3) is 0 Å². The summed E-state index contributed by atoms with van der Waals surface area (Å²) < 4.78 is 27.4. The number of phenolic OH excluding ortho intramolecular Hbond substituents is 1. The zero-order valence-corrected chi connectivity index (χ0v) is 18.8. The smallest absolute Gasteiger partial charge is 0.349 e. The van der Waals surface area contributed by atoms with Crippen LogP contribution in [0, 0.1) is 19.7 Å². The van der Waals surface area contributed by atoms with Crippen LogP contribution in [-0.4, -0.2) is 32.0 Å². The number of benzene rings is 2. The fourth-order valence-electron chi connectivity index (χ4n) is 4.06. The molecule has 0 bridgehead atoms. The molecular weight excluding hydrogens is 441 g/mol. The van der Waals surface area contributed by atoms with Crippen molar-refractivity contribution < 1.29 is 18.7 Å². The van der Waals surface area contributed by atoms with Crippen LogP contribution in [0.25, 0.3) is 33.0 Å². The van der Waals surface area contributed by atoms with Crippen molar-refractivity contribution in [2.75, 3.05) is 12.4 Å². The van der Waals surface area contributed by atoms with Crippen LogP contribution in [0.2, 0.25) is 0 Å². The van der Waals surface area contributed by atoms with Crippen LogP contribution >= 0.6 is 0 Å². The minimum atomic E-state index is -0.728. The number of aromatic nitrogens is 4. The molecule has 0 amide bonds. The molecule has 5 rings (SSSR count). The highest BCUT2D eigenvalue weighted by atomic mass is 19.1. The molecule has 3 heterocycles. The molecule has 2 aromatic carbocycles. The first-order valence-electron chi connectivity index (χ1n) is 10.3. The first kappa shape index (κ1) is 21.4. The Hall–Kier alpha value is -4.47. The van der Waals surface area contributed by atoms with Gasteiger partial charge in [-0.2, -0.15) is 15.1 Å². The van der Waals surface area contributed by atoms with E-state index in [0.717, 1.165) is 5.56 Å². The van der Waals surface area contributed by atoms with Crippen molar-refractivity contribution >= 4 is 33.3 Å². The second kappa shape index (κ2) is 7.84. The predicted octanol–water partition coefficient (Wildman–Crippen LogP) is 4.35. The maximum atomic E-state index is 14.8. The molecular formula is C24H20FN5O4. The Bertz CT molecular complexity index is 1640. The van der Waals surface area contributed by atoms with Gasteiger partial charge < -0.3 is 19.6 Å². The first-order valence-corrected chi connectivity index (χ1v) is 10.3. The van der Waals surface area contributed by atoms with E-state index >= 15 is 0 Å². The maximum Gasteiger partial charge on any atom is 0.349 e. The molecule has 172 valence electrons. The second-order valence-corrected chi connectivity index (χ2v) is 7.88. The Morgan fingerprint density at radius 1 is 1.18 bits per heavy atom. The summed E-state index contributed by atoms with van der Waals surface area (Å²) in [7, 11) is 3.17. The average molecular weight is 461 g/mol. The van der Waals surface area contributed by atoms with E-state index in [0.29, 0.717) is 16.8 Å². The minimum Gasteiger partial charge on any atom is -0.508 e. The van der Waals surface area contributed by atoms with Gasteiger partial charge in [-0.05, 0) is 37.4 Å². The second-order valence-electron chi connectivity index (χ2n) is 7.88. The third-order valence-corrected chi connectivity index (χ3v) is 5.68. The van der Waals surface area contributed by atoms with E-state index in [1.165, 1.54) is 25.3 Å². The number of aryl methyl sites for hydroxylation is 3. The monoisotopic (exact) mass is 461 g/mol. The van der Waals surface area contributed by atoms with Crippen molar-refractivity contribution in [3.05, 3.63) is 63.9 Å². The molecule has 9 nitrogen and oxygen atoms in total. The number of hydrogen-bond donors (Lipinski definition) is 2. The summed E-state index contributed by atoms with van der Waals surface area (Å²) in [5.41, 5.74) is 1.07. The summed E-state index contributed by atoms with van der Waals surface area (Å²) in [5.74, 6) is 0.300. The van der Waals surface area contributed by atoms with Crippen molar-refractivity contribution in [3.63, 3.8) is 0 Å². The van der Waals surface area contributed by atoms with E-state index in [9.17, 15) is 14.3 Å². The van der Waals surface area contributed by atoms with Crippen LogP contribution in [0.3, 0.4) is 0 Å². The van der Waals surface area contributed by atoms with Crippen molar-refractivity contribution in [2.45, 2.75) is 13.8 Å². The third-order valence-electron chi connectivity index (χ3n) is 5.68. The van der Waals surface area contributed by atoms with Crippen LogP contribution in [0.1, 0.15) is 11.1 Å². The van der Waals surface area contributed by atoms with E-state index in [1.807, 2.05) is 6.92 Å². The third kappa shape index (κ3) is 3.31. The fraction of sp³-hybridized carbons (Fsp3) is 0.167. The van der Waals surface area contributed by atoms with Crippen molar-refractivity contribution in [1.82, 2.24) is 19.7 Å². The fourth-order valence-corrected chi connectivity index (χ4v) is 4.06. The van der Waals surface area contributed by atoms with Crippen LogP contribution in [0.15, 0.2) is 45.7 Å². The molecule has 0 aliphatic rings. The van der Waals surface area contributed by atoms with Gasteiger partial charge in [0.05, 0.1) is 18.8 Å². The predicted molar refractivity (Wildman–Crippen MR) is 125 cm³/mol. The number of fused-ring (bicyclic) bond motifs is 2. The van der Waals surface area contributed by atoms with Gasteiger partial charge in [0.2, 0.25) is 0 Å². The number of anilines is 2. The number of rotatable bonds is 4. The van der Waals surface area contributed by atoms with E-state index in [2.05, 4.69) is 20.4 Å². The highest BCUT2D eigenvalue weighted by molar-refractivity contribution is 6.01. The molecule has 3 aromatic heterocycles. The molecule has 10 heteroatoms. The molecule has 34 heavy (non-hydrogen) atoms. The van der Waals surface area contributed by atoms with Crippen LogP contribution < -0.4 is 15.7 Å². The number of methoxy groups -OCH3 is 1. The number of ether oxygens (including phenoxy) is 1. The Labute approximate surface area is 192 Å². The molecule has 0 atom stereocenters. The highest BCUT2D eigenvalue weighted by Crippen LogP contribution is 2.38. The van der Waals surface area contributed by atoms with Gasteiger partial charge in [0.15, 0.2) is 5.82 Å². The van der Waals surface area contributed by atoms with E-state index in [-0.39, 0.29) is 45.2 Å². The summed E-state index contributed by atoms with van der Waals surface area (Å²) >= 11 is 0. The van der Waals surface area contributed by atoms with Crippen LogP contribution in [0.4, 0.5) is 16.0 Å². The average Bonchev–Trinajstić information content (AvgIpc) is 3.12. The zero-order chi connectivity index (χ0) is 24.1. The molecule has 0 saturated heterocycles. The molecule has 0 radical (unpaired) electrons. The Balaban J connectivity index is 1.83. The highest BCUT2D eigenvalue weighted by Gasteiger charge is 2.23. The van der Waals surface area contributed by atoms with Gasteiger partial charge in [0.1, 0.15) is 28.5 Å². The van der Waals surface area contributed by atoms with E-state index in [4.69, 9.17) is 9.15 Å². The summed E-state index contributed by atoms with van der Waals surface area (Å²) in [4.78, 5) is 21.9. The zero-order valence-electron chi connectivity index (χ0n) is 18.8. The molecule has 0 aliphatic heterocycles. The Morgan fingerprint density at radius 3 is 2.68 bits per heavy atom. The lowest BCUT2D eigenvalue weighted by Gasteiger charge is -2.14. The molecule has 0 saturated carbocycles. The van der Waals surface area contributed by atoms with Crippen molar-refractivity contribution in [3.8, 4) is 23.1 Å². The van der Waals surface area contributed by atoms with Gasteiger partial charge in [-0.1, -0.05) is 12.1 Å². The van der Waals surface area contributed by atoms with E-state index < -0.39 is 11.4 Å². The van der Waals surface area contributed by atoms with Crippen molar-refractivity contribution in [2.24, 2.45) is 7.05 Å². The number of nitrogens with zero attached hydrogens (tertiary/aromatic N) is 4. The molecule has 2 N–H and O–H groups in total. The molecule has 0 aliphatic carbocycles. The molecule has 0 fully saturated rings. The summed E-state index contributed by atoms with van der Waals surface area (Å²) in [6.45, 7) is 3.56. The minimum absolute atomic E-state index is 0.0291. The standard InChI is InChI=1S/C24H20FN5O4/c1-11-10-26-30(3)22(11)28-21-18-19(27-24(29-21)33-4)12(2)20(34-23(18)32)15-9-14(31)8-13-6-5-7-16(25)17(13)15/h5-10,31H,1-4H3,(H,27,28,29). The summed E-state index contributed by atoms with van der Waals surface area (Å²) in [5, 5.41) is 18.4. The lowest BCUT2D eigenvalue weighted by atomic mass is 9.98. The number of phenols is 1. The number of halogens is 1. The van der Waals surface area contributed by atoms with E-state index in [1.54, 1.807) is 37.0 Å². The molecule has 0 spiro atoms. The Kier molecular flexibility index (Phi) is 4.93. The largest absolute Gasteiger partial charge is 0.508 e. The van der Waals surface area contributed by atoms with Crippen molar-refractivity contribution in [1.29, 1.82) is 0 Å². The molecule has 5 aromatic rings. The number of aromatic hydroxyl groups is 1. The quantitative estimate of drug-likeness (QED) is 0.406. The summed E-state index contributed by atoms with van der Waals surface area (Å²) in [6.07, 6.45) is 1.68.